The molecular formula is C13H17ClN4O3. The van der Waals surface area contributed by atoms with E-state index in [2.05, 4.69) is 21.1 Å². The Morgan fingerprint density at radius 1 is 1.57 bits per heavy atom. The lowest BCUT2D eigenvalue weighted by Crippen LogP contribution is -2.25. The summed E-state index contributed by atoms with van der Waals surface area (Å²) in [6.45, 7) is 3.50. The number of furan rings is 1. The summed E-state index contributed by atoms with van der Waals surface area (Å²) in [6.07, 6.45) is 2.17. The lowest BCUT2D eigenvalue weighted by Gasteiger charge is -2.06. The van der Waals surface area contributed by atoms with Gasteiger partial charge in [0, 0.05) is 12.1 Å². The molecule has 0 saturated heterocycles. The van der Waals surface area contributed by atoms with Gasteiger partial charge in [0.05, 0.1) is 12.2 Å². The fourth-order valence-corrected chi connectivity index (χ4v) is 1.85. The van der Waals surface area contributed by atoms with Crippen LogP contribution >= 0.6 is 12.4 Å². The summed E-state index contributed by atoms with van der Waals surface area (Å²) in [4.78, 5) is 23.1. The fraction of sp³-hybridized carbons (Fsp3) is 0.385. The summed E-state index contributed by atoms with van der Waals surface area (Å²) in [5.74, 6) is -0.131. The first-order valence-electron chi connectivity index (χ1n) is 6.29. The van der Waals surface area contributed by atoms with Crippen LogP contribution in [0.5, 0.6) is 0 Å². The molecule has 1 aromatic heterocycles. The van der Waals surface area contributed by atoms with E-state index in [9.17, 15) is 9.59 Å². The van der Waals surface area contributed by atoms with Crippen LogP contribution < -0.4 is 10.9 Å². The molecular weight excluding hydrogens is 296 g/mol. The highest BCUT2D eigenvalue weighted by Gasteiger charge is 2.26. The molecule has 1 aliphatic heterocycles. The Hall–Kier alpha value is -2.15. The Morgan fingerprint density at radius 2 is 2.33 bits per heavy atom. The predicted octanol–water partition coefficient (Wildman–Crippen LogP) is 1.44. The minimum absolute atomic E-state index is 0. The van der Waals surface area contributed by atoms with Crippen LogP contribution in [0.4, 0.5) is 0 Å². The standard InChI is InChI=1S/C13H16N4O3.ClH/c1-8-10(13(19)17-14-8)5-6-12(18)16-15-9(2)11-4-3-7-20-11;/h3-4,7,10H,5-6H2,1-2H3,(H,16,18)(H,17,19);1H/b15-9+;. The number of hydrogen-bond donors (Lipinski definition) is 2. The van der Waals surface area contributed by atoms with Crippen LogP contribution in [0.1, 0.15) is 32.4 Å². The van der Waals surface area contributed by atoms with Gasteiger partial charge in [-0.3, -0.25) is 9.59 Å². The van der Waals surface area contributed by atoms with Gasteiger partial charge < -0.3 is 4.42 Å². The molecule has 0 radical (unpaired) electrons. The molecule has 2 amide bonds. The third-order valence-electron chi connectivity index (χ3n) is 3.05. The number of carbonyl (C=O) groups excluding carboxylic acids is 2. The molecule has 21 heavy (non-hydrogen) atoms. The molecule has 2 heterocycles. The van der Waals surface area contributed by atoms with Gasteiger partial charge >= 0.3 is 0 Å². The maximum absolute atomic E-state index is 11.7. The Bertz CT molecular complexity index is 566. The minimum Gasteiger partial charge on any atom is -0.463 e. The third-order valence-corrected chi connectivity index (χ3v) is 3.05. The highest BCUT2D eigenvalue weighted by atomic mass is 35.5. The summed E-state index contributed by atoms with van der Waals surface area (Å²) >= 11 is 0. The van der Waals surface area contributed by atoms with E-state index in [1.54, 1.807) is 26.0 Å². The van der Waals surface area contributed by atoms with Gasteiger partial charge in [0.1, 0.15) is 11.5 Å². The van der Waals surface area contributed by atoms with Gasteiger partial charge in [-0.1, -0.05) is 0 Å². The van der Waals surface area contributed by atoms with Crippen molar-refractivity contribution in [2.75, 3.05) is 0 Å². The maximum Gasteiger partial charge on any atom is 0.248 e. The second-order valence-corrected chi connectivity index (χ2v) is 4.53. The van der Waals surface area contributed by atoms with E-state index in [1.165, 1.54) is 6.26 Å². The average Bonchev–Trinajstić information content (AvgIpc) is 3.05. The smallest absolute Gasteiger partial charge is 0.248 e. The third kappa shape index (κ3) is 4.42. The number of hydrazone groups is 2. The Morgan fingerprint density at radius 3 is 2.90 bits per heavy atom. The normalized spacial score (nSPS) is 17.8. The molecule has 0 aromatic carbocycles. The van der Waals surface area contributed by atoms with Crippen molar-refractivity contribution in [2.45, 2.75) is 26.7 Å². The quantitative estimate of drug-likeness (QED) is 0.636. The lowest BCUT2D eigenvalue weighted by atomic mass is 9.99. The highest BCUT2D eigenvalue weighted by Crippen LogP contribution is 2.13. The highest BCUT2D eigenvalue weighted by molar-refractivity contribution is 6.07. The maximum atomic E-state index is 11.7. The van der Waals surface area contributed by atoms with Gasteiger partial charge in [-0.15, -0.1) is 12.4 Å². The van der Waals surface area contributed by atoms with Crippen LogP contribution in [-0.4, -0.2) is 23.2 Å². The van der Waals surface area contributed by atoms with Gasteiger partial charge in [0.2, 0.25) is 11.8 Å². The van der Waals surface area contributed by atoms with E-state index >= 15 is 0 Å². The van der Waals surface area contributed by atoms with Crippen molar-refractivity contribution in [3.8, 4) is 0 Å². The predicted molar refractivity (Wildman–Crippen MR) is 80.3 cm³/mol. The molecule has 1 atom stereocenters. The van der Waals surface area contributed by atoms with Gasteiger partial charge in [0.25, 0.3) is 0 Å². The van der Waals surface area contributed by atoms with E-state index in [0.29, 0.717) is 23.6 Å². The Kier molecular flexibility index (Phi) is 6.10. The molecule has 2 rings (SSSR count). The molecule has 2 N–H and O–H groups in total. The van der Waals surface area contributed by atoms with E-state index in [-0.39, 0.29) is 36.6 Å². The molecule has 0 spiro atoms. The monoisotopic (exact) mass is 312 g/mol. The molecule has 0 saturated carbocycles. The van der Waals surface area contributed by atoms with Crippen molar-refractivity contribution in [3.63, 3.8) is 0 Å². The zero-order valence-corrected chi connectivity index (χ0v) is 12.6. The number of amides is 2. The summed E-state index contributed by atoms with van der Waals surface area (Å²) in [5, 5.41) is 7.77. The largest absolute Gasteiger partial charge is 0.463 e. The summed E-state index contributed by atoms with van der Waals surface area (Å²) < 4.78 is 5.15. The minimum atomic E-state index is -0.323. The van der Waals surface area contributed by atoms with E-state index < -0.39 is 0 Å². The van der Waals surface area contributed by atoms with Crippen LogP contribution in [0.3, 0.4) is 0 Å². The van der Waals surface area contributed by atoms with Gasteiger partial charge in [-0.2, -0.15) is 10.2 Å². The first-order valence-corrected chi connectivity index (χ1v) is 6.29. The first-order chi connectivity index (χ1) is 9.58. The van der Waals surface area contributed by atoms with Crippen LogP contribution in [0.15, 0.2) is 33.0 Å². The van der Waals surface area contributed by atoms with Crippen molar-refractivity contribution in [1.29, 1.82) is 0 Å². The molecule has 0 bridgehead atoms. The zero-order valence-electron chi connectivity index (χ0n) is 11.8. The zero-order chi connectivity index (χ0) is 14.5. The molecule has 1 unspecified atom stereocenters. The van der Waals surface area contributed by atoms with Gasteiger partial charge in [-0.05, 0) is 32.4 Å². The molecule has 7 nitrogen and oxygen atoms in total. The molecule has 0 aliphatic carbocycles. The van der Waals surface area contributed by atoms with Crippen molar-refractivity contribution in [2.24, 2.45) is 16.1 Å². The molecule has 114 valence electrons. The SMILES string of the molecule is CC1=NNC(=O)C1CCC(=O)N/N=C(\C)c1ccco1.Cl. The second-order valence-electron chi connectivity index (χ2n) is 4.53. The van der Waals surface area contributed by atoms with Crippen molar-refractivity contribution in [3.05, 3.63) is 24.2 Å². The number of carbonyl (C=O) groups is 2. The van der Waals surface area contributed by atoms with Crippen LogP contribution in [-0.2, 0) is 9.59 Å². The molecule has 8 heteroatoms. The first kappa shape index (κ1) is 16.9. The van der Waals surface area contributed by atoms with Crippen molar-refractivity contribution >= 4 is 35.6 Å². The van der Waals surface area contributed by atoms with Crippen molar-refractivity contribution in [1.82, 2.24) is 10.9 Å². The second kappa shape index (κ2) is 7.58. The topological polar surface area (TPSA) is 96.1 Å². The summed E-state index contributed by atoms with van der Waals surface area (Å²) in [7, 11) is 0. The van der Waals surface area contributed by atoms with E-state index in [0.717, 1.165) is 0 Å². The van der Waals surface area contributed by atoms with E-state index in [1.807, 2.05) is 0 Å². The van der Waals surface area contributed by atoms with Crippen molar-refractivity contribution < 1.29 is 14.0 Å². The average molecular weight is 313 g/mol. The summed E-state index contributed by atoms with van der Waals surface area (Å²) in [6, 6.07) is 3.50. The van der Waals surface area contributed by atoms with Crippen LogP contribution in [0.25, 0.3) is 0 Å². The number of halogens is 1. The number of hydrogen-bond acceptors (Lipinski definition) is 5. The Labute approximate surface area is 128 Å². The van der Waals surface area contributed by atoms with Crippen LogP contribution in [0, 0.1) is 5.92 Å². The van der Waals surface area contributed by atoms with Gasteiger partial charge in [-0.25, -0.2) is 10.9 Å². The van der Waals surface area contributed by atoms with Gasteiger partial charge in [0.15, 0.2) is 0 Å². The number of nitrogens with one attached hydrogen (secondary N) is 2. The van der Waals surface area contributed by atoms with Crippen LogP contribution in [0.2, 0.25) is 0 Å². The number of nitrogens with zero attached hydrogens (tertiary/aromatic N) is 2. The Balaban J connectivity index is 0.00000220. The molecule has 1 aliphatic rings. The molecule has 1 aromatic rings. The lowest BCUT2D eigenvalue weighted by molar-refractivity contribution is -0.123. The fourth-order valence-electron chi connectivity index (χ4n) is 1.85. The molecule has 0 fully saturated rings. The summed E-state index contributed by atoms with van der Waals surface area (Å²) in [5.41, 5.74) is 6.12. The number of rotatable bonds is 5. The van der Waals surface area contributed by atoms with E-state index in [4.69, 9.17) is 4.42 Å².